The van der Waals surface area contributed by atoms with Crippen LogP contribution in [0.25, 0.3) is 0 Å². The fourth-order valence-electron chi connectivity index (χ4n) is 2.39. The van der Waals surface area contributed by atoms with Crippen LogP contribution < -0.4 is 10.5 Å². The number of fused-ring (bicyclic) bond motifs is 1. The number of halogens is 1. The molecular weight excluding hydrogens is 229 g/mol. The van der Waals surface area contributed by atoms with E-state index in [2.05, 4.69) is 31.6 Å². The number of hydrogen-bond donors (Lipinski definition) is 1. The summed E-state index contributed by atoms with van der Waals surface area (Å²) in [6.45, 7) is 12.2. The summed E-state index contributed by atoms with van der Waals surface area (Å²) < 4.78 is 13.3. The van der Waals surface area contributed by atoms with E-state index in [-0.39, 0.29) is 5.82 Å². The molecule has 17 heavy (non-hydrogen) atoms. The number of allylic oxidation sites excluding steroid dienone is 3. The first-order valence-corrected chi connectivity index (χ1v) is 8.57. The van der Waals surface area contributed by atoms with Crippen molar-refractivity contribution >= 4 is 18.9 Å². The highest BCUT2D eigenvalue weighted by molar-refractivity contribution is 6.97. The molecule has 0 radical (unpaired) electrons. The van der Waals surface area contributed by atoms with Crippen LogP contribution in [0.1, 0.15) is 0 Å². The molecule has 0 saturated heterocycles. The zero-order valence-electron chi connectivity index (χ0n) is 10.2. The lowest BCUT2D eigenvalue weighted by Gasteiger charge is -2.34. The summed E-state index contributed by atoms with van der Waals surface area (Å²) in [6.07, 6.45) is 3.67. The van der Waals surface area contributed by atoms with Gasteiger partial charge in [-0.3, -0.25) is 0 Å². The molecule has 0 aromatic heterocycles. The van der Waals surface area contributed by atoms with Gasteiger partial charge in [0.15, 0.2) is 0 Å². The molecule has 1 nitrogen and oxygen atoms in total. The first-order chi connectivity index (χ1) is 8.00. The highest BCUT2D eigenvalue weighted by Gasteiger charge is 2.34. The van der Waals surface area contributed by atoms with Crippen LogP contribution in [0.2, 0.25) is 13.1 Å². The van der Waals surface area contributed by atoms with E-state index in [0.717, 1.165) is 11.4 Å². The van der Waals surface area contributed by atoms with Crippen LogP contribution in [0, 0.1) is 5.82 Å². The maximum atomic E-state index is 13.3. The maximum Gasteiger partial charge on any atom is 0.125 e. The number of anilines is 1. The second-order valence-corrected chi connectivity index (χ2v) is 9.00. The Hall–Kier alpha value is -1.61. The van der Waals surface area contributed by atoms with Crippen molar-refractivity contribution in [2.45, 2.75) is 13.1 Å². The first-order valence-electron chi connectivity index (χ1n) is 5.57. The standard InChI is InChI=1S/C14H16FNSi/c1-5-11-13(6-2)17(3,4)14-8-7-10(15)9-12(14)16-11/h5-9,16H,1-2H2,3-4H3. The van der Waals surface area contributed by atoms with E-state index < -0.39 is 8.07 Å². The number of nitrogens with one attached hydrogen (secondary N) is 1. The average molecular weight is 245 g/mol. The molecule has 1 aromatic carbocycles. The smallest absolute Gasteiger partial charge is 0.125 e. The van der Waals surface area contributed by atoms with Crippen LogP contribution in [-0.4, -0.2) is 8.07 Å². The van der Waals surface area contributed by atoms with Gasteiger partial charge in [0.1, 0.15) is 13.9 Å². The minimum Gasteiger partial charge on any atom is -0.356 e. The van der Waals surface area contributed by atoms with Crippen LogP contribution in [0.15, 0.2) is 54.4 Å². The van der Waals surface area contributed by atoms with Gasteiger partial charge >= 0.3 is 0 Å². The molecule has 1 aliphatic heterocycles. The molecule has 0 atom stereocenters. The molecule has 0 aliphatic carbocycles. The maximum absolute atomic E-state index is 13.3. The molecule has 1 N–H and O–H groups in total. The lowest BCUT2D eigenvalue weighted by atomic mass is 10.2. The van der Waals surface area contributed by atoms with Gasteiger partial charge in [-0.1, -0.05) is 38.4 Å². The van der Waals surface area contributed by atoms with Crippen LogP contribution in [0.3, 0.4) is 0 Å². The van der Waals surface area contributed by atoms with Gasteiger partial charge in [-0.25, -0.2) is 4.39 Å². The van der Waals surface area contributed by atoms with Crippen molar-refractivity contribution in [2.75, 3.05) is 5.32 Å². The molecule has 3 heteroatoms. The third-order valence-electron chi connectivity index (χ3n) is 3.30. The summed E-state index contributed by atoms with van der Waals surface area (Å²) in [5, 5.41) is 5.65. The van der Waals surface area contributed by atoms with Crippen LogP contribution in [0.5, 0.6) is 0 Å². The van der Waals surface area contributed by atoms with Crippen molar-refractivity contribution in [1.29, 1.82) is 0 Å². The monoisotopic (exact) mass is 245 g/mol. The van der Waals surface area contributed by atoms with E-state index in [9.17, 15) is 4.39 Å². The van der Waals surface area contributed by atoms with Gasteiger partial charge in [-0.2, -0.15) is 0 Å². The zero-order valence-corrected chi connectivity index (χ0v) is 11.2. The van der Waals surface area contributed by atoms with E-state index in [1.165, 1.54) is 16.4 Å². The molecule has 0 saturated carbocycles. The highest BCUT2D eigenvalue weighted by atomic mass is 28.3. The van der Waals surface area contributed by atoms with Gasteiger partial charge in [-0.15, -0.1) is 0 Å². The summed E-state index contributed by atoms with van der Waals surface area (Å²) in [5.41, 5.74) is 1.82. The molecule has 0 spiro atoms. The Labute approximate surface area is 102 Å². The topological polar surface area (TPSA) is 12.0 Å². The van der Waals surface area contributed by atoms with Crippen LogP contribution in [-0.2, 0) is 0 Å². The third-order valence-corrected chi connectivity index (χ3v) is 6.90. The summed E-state index contributed by atoms with van der Waals surface area (Å²) in [7, 11) is -1.79. The third kappa shape index (κ3) is 1.76. The van der Waals surface area contributed by atoms with Crippen LogP contribution in [0.4, 0.5) is 10.1 Å². The van der Waals surface area contributed by atoms with E-state index in [1.807, 2.05) is 12.1 Å². The summed E-state index contributed by atoms with van der Waals surface area (Å²) in [5.74, 6) is -0.216. The predicted molar refractivity (Wildman–Crippen MR) is 74.6 cm³/mol. The molecule has 1 aliphatic rings. The van der Waals surface area contributed by atoms with Gasteiger partial charge in [0.25, 0.3) is 0 Å². The van der Waals surface area contributed by atoms with E-state index in [0.29, 0.717) is 0 Å². The number of hydrogen-bond acceptors (Lipinski definition) is 1. The first kappa shape index (κ1) is 11.9. The van der Waals surface area contributed by atoms with Gasteiger partial charge in [-0.05, 0) is 28.6 Å². The minimum absolute atomic E-state index is 0.216. The SMILES string of the molecule is C=CC1=C(C=C)[Si](C)(C)c2ccc(F)cc2N1. The van der Waals surface area contributed by atoms with Crippen molar-refractivity contribution < 1.29 is 4.39 Å². The highest BCUT2D eigenvalue weighted by Crippen LogP contribution is 2.29. The zero-order chi connectivity index (χ0) is 12.6. The normalized spacial score (nSPS) is 17.1. The molecule has 0 fully saturated rings. The molecule has 1 aromatic rings. The quantitative estimate of drug-likeness (QED) is 0.788. The molecule has 2 rings (SSSR count). The van der Waals surface area contributed by atoms with Crippen molar-refractivity contribution in [3.05, 3.63) is 60.2 Å². The van der Waals surface area contributed by atoms with E-state index >= 15 is 0 Å². The molecule has 0 unspecified atom stereocenters. The second kappa shape index (κ2) is 4.00. The summed E-state index contributed by atoms with van der Waals surface area (Å²) in [6, 6.07) is 4.95. The van der Waals surface area contributed by atoms with Gasteiger partial charge in [0.05, 0.1) is 0 Å². The lowest BCUT2D eigenvalue weighted by Crippen LogP contribution is -2.48. The molecule has 88 valence electrons. The predicted octanol–water partition coefficient (Wildman–Crippen LogP) is 3.33. The Bertz CT molecular complexity index is 529. The van der Waals surface area contributed by atoms with Crippen LogP contribution >= 0.6 is 0 Å². The van der Waals surface area contributed by atoms with Crippen molar-refractivity contribution in [1.82, 2.24) is 0 Å². The van der Waals surface area contributed by atoms with Crippen molar-refractivity contribution in [3.8, 4) is 0 Å². The number of rotatable bonds is 2. The average Bonchev–Trinajstić information content (AvgIpc) is 2.27. The Morgan fingerprint density at radius 1 is 1.24 bits per heavy atom. The van der Waals surface area contributed by atoms with E-state index in [4.69, 9.17) is 0 Å². The molecule has 1 heterocycles. The Kier molecular flexibility index (Phi) is 2.79. The molecule has 0 bridgehead atoms. The summed E-state index contributed by atoms with van der Waals surface area (Å²) in [4.78, 5) is 0. The minimum atomic E-state index is -1.79. The Morgan fingerprint density at radius 3 is 2.53 bits per heavy atom. The Balaban J connectivity index is 2.69. The fraction of sp³-hybridized carbons (Fsp3) is 0.143. The summed E-state index contributed by atoms with van der Waals surface area (Å²) >= 11 is 0. The van der Waals surface area contributed by atoms with Gasteiger partial charge < -0.3 is 5.32 Å². The molecule has 0 amide bonds. The number of benzene rings is 1. The van der Waals surface area contributed by atoms with E-state index in [1.54, 1.807) is 12.1 Å². The Morgan fingerprint density at radius 2 is 1.94 bits per heavy atom. The van der Waals surface area contributed by atoms with Crippen molar-refractivity contribution in [2.24, 2.45) is 0 Å². The second-order valence-electron chi connectivity index (χ2n) is 4.68. The fourth-order valence-corrected chi connectivity index (χ4v) is 5.33. The lowest BCUT2D eigenvalue weighted by molar-refractivity contribution is 0.628. The molecular formula is C14H16FNSi. The van der Waals surface area contributed by atoms with Gasteiger partial charge in [0, 0.05) is 11.4 Å². The van der Waals surface area contributed by atoms with Gasteiger partial charge in [0.2, 0.25) is 0 Å². The van der Waals surface area contributed by atoms with Crippen molar-refractivity contribution in [3.63, 3.8) is 0 Å². The largest absolute Gasteiger partial charge is 0.356 e.